The molecule has 0 N–H and O–H groups in total. The van der Waals surface area contributed by atoms with E-state index in [0.29, 0.717) is 6.61 Å². The van der Waals surface area contributed by atoms with Crippen LogP contribution in [0.2, 0.25) is 4.47 Å². The van der Waals surface area contributed by atoms with Crippen molar-refractivity contribution in [3.63, 3.8) is 0 Å². The summed E-state index contributed by atoms with van der Waals surface area (Å²) < 4.78 is 14.8. The summed E-state index contributed by atoms with van der Waals surface area (Å²) in [6.07, 6.45) is 8.97. The monoisotopic (exact) mass is 366 g/mol. The summed E-state index contributed by atoms with van der Waals surface area (Å²) in [7, 11) is 0. The van der Waals surface area contributed by atoms with Crippen LogP contribution >= 0.6 is 0 Å². The molecule has 1 aliphatic heterocycles. The number of unbranched alkanes of at least 4 members (excludes halogenated alkanes) is 1. The van der Waals surface area contributed by atoms with E-state index in [0.717, 1.165) is 19.4 Å². The summed E-state index contributed by atoms with van der Waals surface area (Å²) in [5, 5.41) is 0. The molecule has 0 aliphatic carbocycles. The van der Waals surface area contributed by atoms with E-state index >= 15 is 0 Å². The minimum absolute atomic E-state index is 0.0251. The van der Waals surface area contributed by atoms with Gasteiger partial charge in [-0.3, -0.25) is 0 Å². The number of hydrogen-bond donors (Lipinski definition) is 0. The molecule has 1 aliphatic rings. The fourth-order valence-electron chi connectivity index (χ4n) is 1.59. The Labute approximate surface area is 122 Å². The molecule has 0 bridgehead atoms. The topological polar surface area (TPSA) is 18.5 Å². The minimum atomic E-state index is 0.0251. The van der Waals surface area contributed by atoms with Crippen molar-refractivity contribution in [3.05, 3.63) is 10.2 Å². The van der Waals surface area contributed by atoms with E-state index in [1.807, 2.05) is 6.08 Å². The van der Waals surface area contributed by atoms with Gasteiger partial charge in [-0.25, -0.2) is 0 Å². The molecule has 0 aromatic heterocycles. The number of allylic oxidation sites excluding steroid dienone is 1. The zero-order chi connectivity index (χ0) is 12.9. The third-order valence-corrected chi connectivity index (χ3v) is 5.07. The molecule has 1 saturated heterocycles. The average Bonchev–Trinajstić information content (AvgIpc) is 2.42. The SMILES string of the molecule is CCCC[Te]/C=C/C#CCCOC1CCCCO1. The third kappa shape index (κ3) is 9.01. The maximum absolute atomic E-state index is 5.60. The van der Waals surface area contributed by atoms with Crippen LogP contribution in [0.15, 0.2) is 10.2 Å². The van der Waals surface area contributed by atoms with Gasteiger partial charge in [-0.15, -0.1) is 0 Å². The molecule has 0 aromatic rings. The molecule has 0 radical (unpaired) electrons. The summed E-state index contributed by atoms with van der Waals surface area (Å²) in [5.74, 6) is 6.20. The second-order valence-corrected chi connectivity index (χ2v) is 7.16. The van der Waals surface area contributed by atoms with E-state index in [4.69, 9.17) is 9.47 Å². The van der Waals surface area contributed by atoms with Crippen molar-refractivity contribution in [2.45, 2.75) is 56.2 Å². The zero-order valence-electron chi connectivity index (χ0n) is 11.3. The van der Waals surface area contributed by atoms with E-state index in [1.165, 1.54) is 30.2 Å². The average molecular weight is 364 g/mol. The normalized spacial score (nSPS) is 19.7. The van der Waals surface area contributed by atoms with Crippen LogP contribution in [-0.4, -0.2) is 40.4 Å². The van der Waals surface area contributed by atoms with Gasteiger partial charge in [0.1, 0.15) is 0 Å². The van der Waals surface area contributed by atoms with Crippen molar-refractivity contribution < 1.29 is 9.47 Å². The Balaban J connectivity index is 1.93. The maximum atomic E-state index is 5.60. The molecule has 0 amide bonds. The molecule has 1 rings (SSSR count). The van der Waals surface area contributed by atoms with Crippen molar-refractivity contribution in [1.82, 2.24) is 0 Å². The van der Waals surface area contributed by atoms with Gasteiger partial charge in [0.05, 0.1) is 0 Å². The standard InChI is InChI=1S/C15H24O2Te/c1-2-3-13-18-14-9-5-4-7-11-16-15-10-6-8-12-17-15/h9,14-15H,2-3,6-8,10-13H2,1H3/b14-9+. The Morgan fingerprint density at radius 1 is 1.44 bits per heavy atom. The number of hydrogen-bond acceptors (Lipinski definition) is 2. The second kappa shape index (κ2) is 12.1. The van der Waals surface area contributed by atoms with Gasteiger partial charge in [0.25, 0.3) is 0 Å². The van der Waals surface area contributed by atoms with E-state index in [9.17, 15) is 0 Å². The van der Waals surface area contributed by atoms with Crippen LogP contribution in [0.5, 0.6) is 0 Å². The van der Waals surface area contributed by atoms with Gasteiger partial charge in [-0.05, 0) is 0 Å². The van der Waals surface area contributed by atoms with Crippen molar-refractivity contribution in [3.8, 4) is 11.8 Å². The molecule has 18 heavy (non-hydrogen) atoms. The van der Waals surface area contributed by atoms with Crippen molar-refractivity contribution in [1.29, 1.82) is 0 Å². The van der Waals surface area contributed by atoms with Crippen molar-refractivity contribution in [2.24, 2.45) is 0 Å². The van der Waals surface area contributed by atoms with Gasteiger partial charge >= 0.3 is 122 Å². The summed E-state index contributed by atoms with van der Waals surface area (Å²) in [6.45, 7) is 3.78. The molecule has 1 unspecified atom stereocenters. The predicted octanol–water partition coefficient (Wildman–Crippen LogP) is 3.36. The molecule has 1 heterocycles. The molecule has 1 fully saturated rings. The molecule has 1 atom stereocenters. The van der Waals surface area contributed by atoms with Crippen LogP contribution in [0.1, 0.15) is 45.4 Å². The fraction of sp³-hybridized carbons (Fsp3) is 0.733. The summed E-state index contributed by atoms with van der Waals surface area (Å²) in [4.78, 5) is 0. The van der Waals surface area contributed by atoms with E-state index < -0.39 is 0 Å². The van der Waals surface area contributed by atoms with Crippen LogP contribution < -0.4 is 0 Å². The van der Waals surface area contributed by atoms with E-state index in [1.54, 1.807) is 0 Å². The summed E-state index contributed by atoms with van der Waals surface area (Å²) in [6, 6.07) is 0. The van der Waals surface area contributed by atoms with Crippen molar-refractivity contribution in [2.75, 3.05) is 13.2 Å². The van der Waals surface area contributed by atoms with E-state index in [-0.39, 0.29) is 27.2 Å². The van der Waals surface area contributed by atoms with Gasteiger partial charge < -0.3 is 0 Å². The van der Waals surface area contributed by atoms with Gasteiger partial charge in [0.2, 0.25) is 0 Å². The molecular formula is C15H24O2Te. The van der Waals surface area contributed by atoms with E-state index in [2.05, 4.69) is 22.9 Å². The molecule has 0 aromatic carbocycles. The molecule has 0 saturated carbocycles. The van der Waals surface area contributed by atoms with Crippen molar-refractivity contribution >= 4 is 20.9 Å². The van der Waals surface area contributed by atoms with Gasteiger partial charge in [0.15, 0.2) is 0 Å². The number of rotatable bonds is 7. The Morgan fingerprint density at radius 2 is 2.39 bits per heavy atom. The molecule has 3 heteroatoms. The van der Waals surface area contributed by atoms with Crippen LogP contribution in [0, 0.1) is 11.8 Å². The summed E-state index contributed by atoms with van der Waals surface area (Å²) in [5.41, 5.74) is 0. The number of ether oxygens (including phenoxy) is 2. The van der Waals surface area contributed by atoms with Gasteiger partial charge in [0, 0.05) is 0 Å². The Hall–Kier alpha value is 0.00961. The molecule has 2 nitrogen and oxygen atoms in total. The van der Waals surface area contributed by atoms with Crippen LogP contribution in [0.25, 0.3) is 0 Å². The first-order valence-electron chi connectivity index (χ1n) is 6.91. The fourth-order valence-corrected chi connectivity index (χ4v) is 3.75. The Morgan fingerprint density at radius 3 is 3.17 bits per heavy atom. The molecular weight excluding hydrogens is 340 g/mol. The summed E-state index contributed by atoms with van der Waals surface area (Å²) >= 11 is 0.0834. The predicted molar refractivity (Wildman–Crippen MR) is 76.5 cm³/mol. The molecule has 0 spiro atoms. The Bertz CT molecular complexity index is 272. The second-order valence-electron chi connectivity index (χ2n) is 4.27. The van der Waals surface area contributed by atoms with Crippen LogP contribution in [-0.2, 0) is 9.47 Å². The van der Waals surface area contributed by atoms with Crippen LogP contribution in [0.4, 0.5) is 0 Å². The van der Waals surface area contributed by atoms with Crippen LogP contribution in [0.3, 0.4) is 0 Å². The van der Waals surface area contributed by atoms with Gasteiger partial charge in [-0.1, -0.05) is 0 Å². The molecule has 102 valence electrons. The third-order valence-electron chi connectivity index (χ3n) is 2.63. The first-order valence-corrected chi connectivity index (χ1v) is 9.91. The zero-order valence-corrected chi connectivity index (χ0v) is 13.7. The first kappa shape index (κ1) is 16.1. The Kier molecular flexibility index (Phi) is 10.8. The first-order chi connectivity index (χ1) is 8.93. The van der Waals surface area contributed by atoms with Gasteiger partial charge in [-0.2, -0.15) is 0 Å². The quantitative estimate of drug-likeness (QED) is 0.392.